The molecule has 2 aliphatic rings. The molecular weight excluding hydrogens is 248 g/mol. The van der Waals surface area contributed by atoms with Crippen molar-refractivity contribution in [3.63, 3.8) is 0 Å². The lowest BCUT2D eigenvalue weighted by molar-refractivity contribution is 0.180. The van der Waals surface area contributed by atoms with Gasteiger partial charge in [0.15, 0.2) is 0 Å². The first-order chi connectivity index (χ1) is 7.63. The topological polar surface area (TPSA) is 40.6 Å². The van der Waals surface area contributed by atoms with Crippen LogP contribution >= 0.6 is 11.6 Å². The molecule has 0 N–H and O–H groups in total. The number of sulfonamides is 1. The van der Waals surface area contributed by atoms with Crippen LogP contribution in [0.5, 0.6) is 0 Å². The summed E-state index contributed by atoms with van der Waals surface area (Å²) in [7, 11) is -3.05. The molecule has 0 amide bonds. The highest BCUT2D eigenvalue weighted by Crippen LogP contribution is 2.27. The van der Waals surface area contributed by atoms with E-state index >= 15 is 0 Å². The highest BCUT2D eigenvalue weighted by Gasteiger charge is 2.33. The molecule has 0 radical (unpaired) electrons. The molecule has 1 heterocycles. The van der Waals surface area contributed by atoms with Gasteiger partial charge in [-0.25, -0.2) is 8.42 Å². The first-order valence-corrected chi connectivity index (χ1v) is 8.06. The van der Waals surface area contributed by atoms with Crippen molar-refractivity contribution in [2.24, 2.45) is 0 Å². The Morgan fingerprint density at radius 3 is 2.25 bits per heavy atom. The molecule has 2 rings (SSSR count). The number of rotatable bonds is 5. The van der Waals surface area contributed by atoms with Gasteiger partial charge in [-0.1, -0.05) is 0 Å². The molecular formula is C10H19ClN2O2S. The fourth-order valence-electron chi connectivity index (χ4n) is 2.15. The summed E-state index contributed by atoms with van der Waals surface area (Å²) in [6, 6.07) is 0.743. The highest BCUT2D eigenvalue weighted by molar-refractivity contribution is 7.89. The zero-order valence-electron chi connectivity index (χ0n) is 9.44. The van der Waals surface area contributed by atoms with Crippen LogP contribution in [-0.4, -0.2) is 61.5 Å². The van der Waals surface area contributed by atoms with E-state index in [-0.39, 0.29) is 5.75 Å². The summed E-state index contributed by atoms with van der Waals surface area (Å²) >= 11 is 5.53. The van der Waals surface area contributed by atoms with Gasteiger partial charge in [0, 0.05) is 38.1 Å². The summed E-state index contributed by atoms with van der Waals surface area (Å²) < 4.78 is 25.4. The zero-order valence-corrected chi connectivity index (χ0v) is 11.0. The predicted octanol–water partition coefficient (Wildman–Crippen LogP) is 0.725. The largest absolute Gasteiger partial charge is 0.298 e. The molecule has 1 saturated heterocycles. The van der Waals surface area contributed by atoms with Gasteiger partial charge < -0.3 is 0 Å². The lowest BCUT2D eigenvalue weighted by Gasteiger charge is -2.34. The third-order valence-electron chi connectivity index (χ3n) is 3.27. The molecule has 0 spiro atoms. The Kier molecular flexibility index (Phi) is 4.11. The van der Waals surface area contributed by atoms with Gasteiger partial charge in [0.25, 0.3) is 0 Å². The van der Waals surface area contributed by atoms with E-state index in [2.05, 4.69) is 4.90 Å². The van der Waals surface area contributed by atoms with Crippen molar-refractivity contribution in [3.05, 3.63) is 0 Å². The van der Waals surface area contributed by atoms with Crippen molar-refractivity contribution >= 4 is 21.6 Å². The van der Waals surface area contributed by atoms with Crippen LogP contribution in [-0.2, 0) is 10.0 Å². The van der Waals surface area contributed by atoms with E-state index in [9.17, 15) is 8.42 Å². The Balaban J connectivity index is 1.82. The minimum Gasteiger partial charge on any atom is -0.298 e. The molecule has 1 saturated carbocycles. The van der Waals surface area contributed by atoms with E-state index in [0.717, 1.165) is 19.1 Å². The molecule has 0 atom stereocenters. The molecule has 4 nitrogen and oxygen atoms in total. The summed E-state index contributed by atoms with van der Waals surface area (Å²) in [5, 5.41) is 0. The summed E-state index contributed by atoms with van der Waals surface area (Å²) in [5.41, 5.74) is 0. The van der Waals surface area contributed by atoms with Crippen molar-refractivity contribution in [3.8, 4) is 0 Å². The van der Waals surface area contributed by atoms with Crippen LogP contribution in [0, 0.1) is 0 Å². The maximum Gasteiger partial charge on any atom is 0.214 e. The summed E-state index contributed by atoms with van der Waals surface area (Å²) in [6.45, 7) is 3.10. The molecule has 94 valence electrons. The van der Waals surface area contributed by atoms with Gasteiger partial charge in [-0.2, -0.15) is 4.31 Å². The SMILES string of the molecule is O=S(=O)(CCCCl)N1CCN(C2CC2)CC1. The summed E-state index contributed by atoms with van der Waals surface area (Å²) in [6.07, 6.45) is 3.13. The number of hydrogen-bond acceptors (Lipinski definition) is 3. The van der Waals surface area contributed by atoms with Gasteiger partial charge in [-0.15, -0.1) is 11.6 Å². The Bertz CT molecular complexity index is 322. The molecule has 2 fully saturated rings. The molecule has 0 aromatic carbocycles. The van der Waals surface area contributed by atoms with Gasteiger partial charge in [-0.05, 0) is 19.3 Å². The quantitative estimate of drug-likeness (QED) is 0.689. The van der Waals surface area contributed by atoms with Gasteiger partial charge in [-0.3, -0.25) is 4.90 Å². The second kappa shape index (κ2) is 5.21. The number of hydrogen-bond donors (Lipinski definition) is 0. The van der Waals surface area contributed by atoms with E-state index in [0.29, 0.717) is 25.4 Å². The van der Waals surface area contributed by atoms with Crippen molar-refractivity contribution < 1.29 is 8.42 Å². The first kappa shape index (κ1) is 12.6. The predicted molar refractivity (Wildman–Crippen MR) is 65.3 cm³/mol. The molecule has 0 bridgehead atoms. The average Bonchev–Trinajstić information content (AvgIpc) is 3.10. The van der Waals surface area contributed by atoms with Crippen LogP contribution in [0.25, 0.3) is 0 Å². The van der Waals surface area contributed by atoms with Gasteiger partial charge in [0.1, 0.15) is 0 Å². The zero-order chi connectivity index (χ0) is 11.6. The third kappa shape index (κ3) is 3.09. The van der Waals surface area contributed by atoms with Crippen molar-refractivity contribution in [1.82, 2.24) is 9.21 Å². The lowest BCUT2D eigenvalue weighted by Crippen LogP contribution is -2.49. The Morgan fingerprint density at radius 1 is 1.12 bits per heavy atom. The lowest BCUT2D eigenvalue weighted by atomic mass is 10.3. The minimum atomic E-state index is -3.05. The standard InChI is InChI=1S/C10H19ClN2O2S/c11-4-1-9-16(14,15)13-7-5-12(6-8-13)10-2-3-10/h10H,1-9H2. The monoisotopic (exact) mass is 266 g/mol. The number of alkyl halides is 1. The van der Waals surface area contributed by atoms with E-state index in [1.807, 2.05) is 0 Å². The van der Waals surface area contributed by atoms with Gasteiger partial charge >= 0.3 is 0 Å². The Labute approximate surface area is 103 Å². The number of halogens is 1. The smallest absolute Gasteiger partial charge is 0.214 e. The number of nitrogens with zero attached hydrogens (tertiary/aromatic N) is 2. The molecule has 1 aliphatic heterocycles. The highest BCUT2D eigenvalue weighted by atomic mass is 35.5. The Hall–Kier alpha value is 0.160. The fourth-order valence-corrected chi connectivity index (χ4v) is 3.93. The Morgan fingerprint density at radius 2 is 1.75 bits per heavy atom. The summed E-state index contributed by atoms with van der Waals surface area (Å²) in [4.78, 5) is 2.41. The van der Waals surface area contributed by atoms with Crippen LogP contribution in [0.3, 0.4) is 0 Å². The third-order valence-corrected chi connectivity index (χ3v) is 5.49. The average molecular weight is 267 g/mol. The van der Waals surface area contributed by atoms with Crippen LogP contribution in [0.2, 0.25) is 0 Å². The van der Waals surface area contributed by atoms with Crippen molar-refractivity contribution in [1.29, 1.82) is 0 Å². The second-order valence-electron chi connectivity index (χ2n) is 4.52. The maximum absolute atomic E-state index is 11.9. The minimum absolute atomic E-state index is 0.194. The molecule has 6 heteroatoms. The van der Waals surface area contributed by atoms with Crippen LogP contribution in [0.15, 0.2) is 0 Å². The summed E-state index contributed by atoms with van der Waals surface area (Å²) in [5.74, 6) is 0.612. The van der Waals surface area contributed by atoms with E-state index in [1.165, 1.54) is 12.8 Å². The van der Waals surface area contributed by atoms with Crippen LogP contribution in [0.1, 0.15) is 19.3 Å². The number of piperazine rings is 1. The van der Waals surface area contributed by atoms with E-state index in [4.69, 9.17) is 11.6 Å². The van der Waals surface area contributed by atoms with Gasteiger partial charge in [0.05, 0.1) is 5.75 Å². The normalized spacial score (nSPS) is 24.8. The molecule has 16 heavy (non-hydrogen) atoms. The molecule has 0 aromatic heterocycles. The molecule has 0 aromatic rings. The van der Waals surface area contributed by atoms with E-state index < -0.39 is 10.0 Å². The fraction of sp³-hybridized carbons (Fsp3) is 1.00. The van der Waals surface area contributed by atoms with Crippen LogP contribution < -0.4 is 0 Å². The van der Waals surface area contributed by atoms with E-state index in [1.54, 1.807) is 4.31 Å². The molecule has 1 aliphatic carbocycles. The maximum atomic E-state index is 11.9. The van der Waals surface area contributed by atoms with Crippen LogP contribution in [0.4, 0.5) is 0 Å². The van der Waals surface area contributed by atoms with Crippen molar-refractivity contribution in [2.45, 2.75) is 25.3 Å². The van der Waals surface area contributed by atoms with Gasteiger partial charge in [0.2, 0.25) is 10.0 Å². The second-order valence-corrected chi connectivity index (χ2v) is 6.99. The molecule has 0 unspecified atom stereocenters. The van der Waals surface area contributed by atoms with Crippen molar-refractivity contribution in [2.75, 3.05) is 37.8 Å². The first-order valence-electron chi connectivity index (χ1n) is 5.91.